The third-order valence-electron chi connectivity index (χ3n) is 4.11. The van der Waals surface area contributed by atoms with Crippen LogP contribution in [0.3, 0.4) is 0 Å². The molecule has 6 nitrogen and oxygen atoms in total. The molecule has 146 valence electrons. The van der Waals surface area contributed by atoms with E-state index in [1.165, 1.54) is 0 Å². The van der Waals surface area contributed by atoms with Crippen molar-refractivity contribution in [3.05, 3.63) is 72.4 Å². The molecule has 6 heteroatoms. The molecule has 1 amide bonds. The van der Waals surface area contributed by atoms with E-state index in [1.54, 1.807) is 16.9 Å². The van der Waals surface area contributed by atoms with Crippen molar-refractivity contribution >= 4 is 11.7 Å². The number of ether oxygens (including phenoxy) is 2. The molecule has 0 saturated carbocycles. The van der Waals surface area contributed by atoms with Gasteiger partial charge in [0.2, 0.25) is 5.91 Å². The van der Waals surface area contributed by atoms with Crippen molar-refractivity contribution in [1.82, 2.24) is 9.78 Å². The van der Waals surface area contributed by atoms with Gasteiger partial charge >= 0.3 is 0 Å². The predicted octanol–water partition coefficient (Wildman–Crippen LogP) is 4.13. The van der Waals surface area contributed by atoms with E-state index in [2.05, 4.69) is 10.4 Å². The summed E-state index contributed by atoms with van der Waals surface area (Å²) in [6.45, 7) is 3.57. The minimum Gasteiger partial charge on any atom is -0.490 e. The van der Waals surface area contributed by atoms with Crippen LogP contribution in [0, 0.1) is 0 Å². The van der Waals surface area contributed by atoms with Crippen molar-refractivity contribution in [3.63, 3.8) is 0 Å². The van der Waals surface area contributed by atoms with Gasteiger partial charge in [0.1, 0.15) is 5.82 Å². The Balaban J connectivity index is 1.45. The second-order valence-electron chi connectivity index (χ2n) is 6.24. The molecule has 0 atom stereocenters. The Hall–Kier alpha value is -3.28. The van der Waals surface area contributed by atoms with Crippen LogP contribution < -0.4 is 14.8 Å². The van der Waals surface area contributed by atoms with Crippen molar-refractivity contribution in [2.75, 3.05) is 18.5 Å². The number of para-hydroxylation sites is 2. The van der Waals surface area contributed by atoms with Gasteiger partial charge in [0.15, 0.2) is 11.5 Å². The highest BCUT2D eigenvalue weighted by molar-refractivity contribution is 5.89. The lowest BCUT2D eigenvalue weighted by atomic mass is 10.2. The zero-order chi connectivity index (χ0) is 19.6. The summed E-state index contributed by atoms with van der Waals surface area (Å²) in [4.78, 5) is 12.3. The monoisotopic (exact) mass is 379 g/mol. The molecule has 1 N–H and O–H groups in total. The molecule has 0 saturated heterocycles. The van der Waals surface area contributed by atoms with Crippen molar-refractivity contribution in [1.29, 1.82) is 0 Å². The van der Waals surface area contributed by atoms with Crippen LogP contribution in [0.25, 0.3) is 0 Å². The number of rotatable bonds is 10. The average molecular weight is 379 g/mol. The fourth-order valence-corrected chi connectivity index (χ4v) is 2.79. The first-order valence-electron chi connectivity index (χ1n) is 9.46. The molecule has 0 spiro atoms. The smallest absolute Gasteiger partial charge is 0.225 e. The molecule has 3 aromatic rings. The van der Waals surface area contributed by atoms with Crippen LogP contribution >= 0.6 is 0 Å². The van der Waals surface area contributed by atoms with Crippen LogP contribution in [0.15, 0.2) is 66.9 Å². The standard InChI is InChI=1S/C22H25N3O3/c1-2-27-19-11-6-7-12-20(19)28-16-8-13-22(26)24-21-14-15-23-25(21)17-18-9-4-3-5-10-18/h3-7,9-12,14-15H,2,8,13,16-17H2,1H3,(H,24,26). The number of amides is 1. The van der Waals surface area contributed by atoms with Crippen LogP contribution in [0.5, 0.6) is 11.5 Å². The number of aromatic nitrogens is 2. The van der Waals surface area contributed by atoms with Gasteiger partial charge in [0.05, 0.1) is 26.0 Å². The fraction of sp³-hybridized carbons (Fsp3) is 0.273. The second kappa shape index (κ2) is 10.2. The highest BCUT2D eigenvalue weighted by Gasteiger charge is 2.09. The second-order valence-corrected chi connectivity index (χ2v) is 6.24. The quantitative estimate of drug-likeness (QED) is 0.538. The van der Waals surface area contributed by atoms with E-state index in [9.17, 15) is 4.79 Å². The molecule has 0 unspecified atom stereocenters. The molecule has 2 aromatic carbocycles. The molecule has 3 rings (SSSR count). The summed E-state index contributed by atoms with van der Waals surface area (Å²) in [7, 11) is 0. The molecule has 1 aromatic heterocycles. The van der Waals surface area contributed by atoms with E-state index in [0.717, 1.165) is 11.3 Å². The van der Waals surface area contributed by atoms with Gasteiger partial charge < -0.3 is 14.8 Å². The first kappa shape index (κ1) is 19.5. The Morgan fingerprint density at radius 3 is 2.46 bits per heavy atom. The summed E-state index contributed by atoms with van der Waals surface area (Å²) in [5.41, 5.74) is 1.13. The summed E-state index contributed by atoms with van der Waals surface area (Å²) in [5.74, 6) is 2.05. The summed E-state index contributed by atoms with van der Waals surface area (Å²) < 4.78 is 13.1. The van der Waals surface area contributed by atoms with Crippen LogP contribution in [0.2, 0.25) is 0 Å². The first-order valence-corrected chi connectivity index (χ1v) is 9.46. The van der Waals surface area contributed by atoms with E-state index in [0.29, 0.717) is 44.2 Å². The molecular formula is C22H25N3O3. The number of anilines is 1. The van der Waals surface area contributed by atoms with Gasteiger partial charge in [-0.05, 0) is 31.0 Å². The van der Waals surface area contributed by atoms with E-state index >= 15 is 0 Å². The average Bonchev–Trinajstić information content (AvgIpc) is 3.14. The summed E-state index contributed by atoms with van der Waals surface area (Å²) in [6.07, 6.45) is 2.67. The largest absolute Gasteiger partial charge is 0.490 e. The maximum Gasteiger partial charge on any atom is 0.225 e. The number of nitrogens with one attached hydrogen (secondary N) is 1. The van der Waals surface area contributed by atoms with Gasteiger partial charge in [0, 0.05) is 12.5 Å². The summed E-state index contributed by atoms with van der Waals surface area (Å²) in [5, 5.41) is 7.21. The minimum absolute atomic E-state index is 0.0588. The maximum atomic E-state index is 12.3. The number of carbonyl (C=O) groups excluding carboxylic acids is 1. The molecule has 0 fully saturated rings. The van der Waals surface area contributed by atoms with Crippen molar-refractivity contribution in [2.24, 2.45) is 0 Å². The van der Waals surface area contributed by atoms with E-state index in [1.807, 2.05) is 61.5 Å². The number of benzene rings is 2. The molecule has 0 aliphatic carbocycles. The number of carbonyl (C=O) groups is 1. The van der Waals surface area contributed by atoms with Crippen molar-refractivity contribution < 1.29 is 14.3 Å². The van der Waals surface area contributed by atoms with Gasteiger partial charge in [0.25, 0.3) is 0 Å². The number of nitrogens with zero attached hydrogens (tertiary/aromatic N) is 2. The zero-order valence-corrected chi connectivity index (χ0v) is 16.0. The van der Waals surface area contributed by atoms with E-state index in [-0.39, 0.29) is 5.91 Å². The van der Waals surface area contributed by atoms with Gasteiger partial charge in [-0.1, -0.05) is 42.5 Å². The third kappa shape index (κ3) is 5.61. The Labute approximate surface area is 165 Å². The van der Waals surface area contributed by atoms with Crippen LogP contribution in [0.4, 0.5) is 5.82 Å². The van der Waals surface area contributed by atoms with E-state index in [4.69, 9.17) is 9.47 Å². The topological polar surface area (TPSA) is 65.4 Å². The van der Waals surface area contributed by atoms with Gasteiger partial charge in [-0.3, -0.25) is 4.79 Å². The van der Waals surface area contributed by atoms with E-state index < -0.39 is 0 Å². The lowest BCUT2D eigenvalue weighted by Gasteiger charge is -2.12. The normalized spacial score (nSPS) is 10.5. The Morgan fingerprint density at radius 2 is 1.71 bits per heavy atom. The van der Waals surface area contributed by atoms with Crippen molar-refractivity contribution in [2.45, 2.75) is 26.3 Å². The van der Waals surface area contributed by atoms with Gasteiger partial charge in [-0.25, -0.2) is 4.68 Å². The predicted molar refractivity (Wildman–Crippen MR) is 109 cm³/mol. The fourth-order valence-electron chi connectivity index (χ4n) is 2.79. The molecule has 28 heavy (non-hydrogen) atoms. The Morgan fingerprint density at radius 1 is 1.00 bits per heavy atom. The number of hydrogen-bond donors (Lipinski definition) is 1. The van der Waals surface area contributed by atoms with Gasteiger partial charge in [-0.2, -0.15) is 5.10 Å². The Kier molecular flexibility index (Phi) is 7.07. The molecular weight excluding hydrogens is 354 g/mol. The highest BCUT2D eigenvalue weighted by atomic mass is 16.5. The van der Waals surface area contributed by atoms with Crippen molar-refractivity contribution in [3.8, 4) is 11.5 Å². The van der Waals surface area contributed by atoms with Gasteiger partial charge in [-0.15, -0.1) is 0 Å². The molecule has 0 aliphatic rings. The lowest BCUT2D eigenvalue weighted by Crippen LogP contribution is -2.16. The molecule has 1 heterocycles. The SMILES string of the molecule is CCOc1ccccc1OCCCC(=O)Nc1ccnn1Cc1ccccc1. The highest BCUT2D eigenvalue weighted by Crippen LogP contribution is 2.26. The van der Waals surface area contributed by atoms with Crippen LogP contribution in [-0.2, 0) is 11.3 Å². The molecule has 0 bridgehead atoms. The number of hydrogen-bond acceptors (Lipinski definition) is 4. The summed E-state index contributed by atoms with van der Waals surface area (Å²) in [6, 6.07) is 19.4. The van der Waals surface area contributed by atoms with Crippen LogP contribution in [-0.4, -0.2) is 28.9 Å². The zero-order valence-electron chi connectivity index (χ0n) is 16.0. The first-order chi connectivity index (χ1) is 13.8. The molecule has 0 radical (unpaired) electrons. The maximum absolute atomic E-state index is 12.3. The van der Waals surface area contributed by atoms with Crippen LogP contribution in [0.1, 0.15) is 25.3 Å². The lowest BCUT2D eigenvalue weighted by molar-refractivity contribution is -0.116. The minimum atomic E-state index is -0.0588. The molecule has 0 aliphatic heterocycles. The summed E-state index contributed by atoms with van der Waals surface area (Å²) >= 11 is 0. The Bertz CT molecular complexity index is 877. The third-order valence-corrected chi connectivity index (χ3v) is 4.11.